The number of aromatic carboxylic acids is 1. The van der Waals surface area contributed by atoms with Crippen LogP contribution in [0, 0.1) is 0 Å². The van der Waals surface area contributed by atoms with Crippen LogP contribution in [-0.2, 0) is 0 Å². The van der Waals surface area contributed by atoms with Gasteiger partial charge in [0.2, 0.25) is 0 Å². The summed E-state index contributed by atoms with van der Waals surface area (Å²) in [5.74, 6) is 0.713. The lowest BCUT2D eigenvalue weighted by atomic mass is 10.3. The van der Waals surface area contributed by atoms with Gasteiger partial charge in [-0.05, 0) is 30.5 Å². The number of hydrogen-bond donors (Lipinski definition) is 1. The number of ether oxygens (including phenoxy) is 3. The van der Waals surface area contributed by atoms with E-state index in [0.717, 1.165) is 11.3 Å². The molecule has 2 aromatic rings. The van der Waals surface area contributed by atoms with Gasteiger partial charge in [-0.15, -0.1) is 11.3 Å². The van der Waals surface area contributed by atoms with Crippen LogP contribution in [0.25, 0.3) is 0 Å². The summed E-state index contributed by atoms with van der Waals surface area (Å²) in [5, 5.41) is 10.7. The molecule has 5 nitrogen and oxygen atoms in total. The average Bonchev–Trinajstić information content (AvgIpc) is 2.94. The molecule has 0 aliphatic carbocycles. The molecule has 0 amide bonds. The van der Waals surface area contributed by atoms with Gasteiger partial charge in [0, 0.05) is 0 Å². The number of carboxylic acids is 1. The first-order valence-electron chi connectivity index (χ1n) is 6.50. The van der Waals surface area contributed by atoms with Crippen molar-refractivity contribution in [2.45, 2.75) is 6.92 Å². The van der Waals surface area contributed by atoms with E-state index >= 15 is 0 Å². The van der Waals surface area contributed by atoms with E-state index in [9.17, 15) is 4.79 Å². The maximum Gasteiger partial charge on any atom is 0.349 e. The van der Waals surface area contributed by atoms with E-state index in [1.807, 2.05) is 31.2 Å². The van der Waals surface area contributed by atoms with Crippen LogP contribution in [0.15, 0.2) is 35.7 Å². The number of rotatable bonds is 8. The van der Waals surface area contributed by atoms with E-state index in [2.05, 4.69) is 0 Å². The average molecular weight is 308 g/mol. The Morgan fingerprint density at radius 3 is 2.29 bits per heavy atom. The first kappa shape index (κ1) is 15.2. The van der Waals surface area contributed by atoms with Crippen molar-refractivity contribution in [3.05, 3.63) is 40.6 Å². The number of carboxylic acid groups (broad SMARTS) is 1. The molecule has 2 rings (SSSR count). The van der Waals surface area contributed by atoms with E-state index in [0.29, 0.717) is 30.5 Å². The molecule has 1 aromatic heterocycles. The summed E-state index contributed by atoms with van der Waals surface area (Å²) in [6.45, 7) is 3.04. The van der Waals surface area contributed by atoms with Crippen molar-refractivity contribution in [2.75, 3.05) is 19.8 Å². The molecular formula is C15H16O5S. The minimum absolute atomic E-state index is 0.199. The maximum atomic E-state index is 10.9. The topological polar surface area (TPSA) is 65.0 Å². The lowest BCUT2D eigenvalue weighted by molar-refractivity contribution is 0.0697. The molecule has 0 saturated carbocycles. The highest BCUT2D eigenvalue weighted by molar-refractivity contribution is 7.12. The third-order valence-corrected chi connectivity index (χ3v) is 3.45. The molecule has 1 heterocycles. The first-order valence-corrected chi connectivity index (χ1v) is 7.38. The van der Waals surface area contributed by atoms with Gasteiger partial charge in [0.25, 0.3) is 0 Å². The summed E-state index contributed by atoms with van der Waals surface area (Å²) >= 11 is 1.14. The highest BCUT2D eigenvalue weighted by Gasteiger charge is 2.12. The van der Waals surface area contributed by atoms with Crippen LogP contribution in [0.1, 0.15) is 16.6 Å². The van der Waals surface area contributed by atoms with Gasteiger partial charge < -0.3 is 19.3 Å². The summed E-state index contributed by atoms with van der Waals surface area (Å²) in [6, 6.07) is 9.03. The third-order valence-electron chi connectivity index (χ3n) is 2.57. The first-order chi connectivity index (χ1) is 10.2. The lowest BCUT2D eigenvalue weighted by Crippen LogP contribution is -2.10. The largest absolute Gasteiger partial charge is 0.490 e. The zero-order valence-electron chi connectivity index (χ0n) is 11.6. The molecule has 0 saturated heterocycles. The second kappa shape index (κ2) is 7.54. The quantitative estimate of drug-likeness (QED) is 0.758. The van der Waals surface area contributed by atoms with E-state index in [1.54, 1.807) is 11.4 Å². The minimum atomic E-state index is -0.984. The predicted octanol–water partition coefficient (Wildman–Crippen LogP) is 3.30. The Labute approximate surface area is 126 Å². The predicted molar refractivity (Wildman–Crippen MR) is 79.9 cm³/mol. The standard InChI is InChI=1S/C15H16O5S/c1-2-18-11-5-3-4-6-12(11)19-8-9-20-13-7-10-21-14(13)15(16)17/h3-7,10H,2,8-9H2,1H3,(H,16,17). The van der Waals surface area contributed by atoms with Gasteiger partial charge in [0.05, 0.1) is 6.61 Å². The molecular weight excluding hydrogens is 292 g/mol. The maximum absolute atomic E-state index is 10.9. The van der Waals surface area contributed by atoms with Gasteiger partial charge in [-0.25, -0.2) is 4.79 Å². The van der Waals surface area contributed by atoms with Crippen molar-refractivity contribution in [2.24, 2.45) is 0 Å². The van der Waals surface area contributed by atoms with Crippen LogP contribution in [0.4, 0.5) is 0 Å². The van der Waals surface area contributed by atoms with Crippen LogP contribution < -0.4 is 14.2 Å². The van der Waals surface area contributed by atoms with Gasteiger partial charge in [-0.2, -0.15) is 0 Å². The van der Waals surface area contributed by atoms with E-state index in [-0.39, 0.29) is 11.5 Å². The normalized spacial score (nSPS) is 10.1. The fourth-order valence-electron chi connectivity index (χ4n) is 1.71. The molecule has 1 aromatic carbocycles. The number of para-hydroxylation sites is 2. The molecule has 0 radical (unpaired) electrons. The van der Waals surface area contributed by atoms with Crippen molar-refractivity contribution in [1.82, 2.24) is 0 Å². The van der Waals surface area contributed by atoms with Crippen molar-refractivity contribution in [3.63, 3.8) is 0 Å². The Balaban J connectivity index is 1.85. The van der Waals surface area contributed by atoms with Gasteiger partial charge >= 0.3 is 5.97 Å². The second-order valence-corrected chi connectivity index (χ2v) is 4.91. The van der Waals surface area contributed by atoms with Crippen LogP contribution in [0.5, 0.6) is 17.2 Å². The molecule has 1 N–H and O–H groups in total. The second-order valence-electron chi connectivity index (χ2n) is 4.00. The molecule has 6 heteroatoms. The summed E-state index contributed by atoms with van der Waals surface area (Å²) in [5.41, 5.74) is 0. The lowest BCUT2D eigenvalue weighted by Gasteiger charge is -2.12. The molecule has 0 aliphatic rings. The van der Waals surface area contributed by atoms with Gasteiger partial charge in [0.15, 0.2) is 16.4 Å². The Hall–Kier alpha value is -2.21. The van der Waals surface area contributed by atoms with Crippen LogP contribution in [0.3, 0.4) is 0 Å². The monoisotopic (exact) mass is 308 g/mol. The SMILES string of the molecule is CCOc1ccccc1OCCOc1ccsc1C(=O)O. The van der Waals surface area contributed by atoms with Gasteiger partial charge in [-0.3, -0.25) is 0 Å². The summed E-state index contributed by atoms with van der Waals surface area (Å²) in [6.07, 6.45) is 0. The molecule has 21 heavy (non-hydrogen) atoms. The fourth-order valence-corrected chi connectivity index (χ4v) is 2.39. The number of hydrogen-bond acceptors (Lipinski definition) is 5. The van der Waals surface area contributed by atoms with Crippen molar-refractivity contribution in [3.8, 4) is 17.2 Å². The molecule has 0 atom stereocenters. The van der Waals surface area contributed by atoms with Gasteiger partial charge in [0.1, 0.15) is 19.0 Å². The van der Waals surface area contributed by atoms with Crippen LogP contribution in [0.2, 0.25) is 0 Å². The Kier molecular flexibility index (Phi) is 5.45. The minimum Gasteiger partial charge on any atom is -0.490 e. The summed E-state index contributed by atoms with van der Waals surface area (Å²) in [7, 11) is 0. The highest BCUT2D eigenvalue weighted by Crippen LogP contribution is 2.27. The summed E-state index contributed by atoms with van der Waals surface area (Å²) in [4.78, 5) is 11.1. The molecule has 0 bridgehead atoms. The zero-order chi connectivity index (χ0) is 15.1. The third kappa shape index (κ3) is 4.13. The molecule has 0 fully saturated rings. The van der Waals surface area contributed by atoms with E-state index in [4.69, 9.17) is 19.3 Å². The van der Waals surface area contributed by atoms with Crippen molar-refractivity contribution < 1.29 is 24.1 Å². The van der Waals surface area contributed by atoms with Crippen molar-refractivity contribution in [1.29, 1.82) is 0 Å². The molecule has 0 spiro atoms. The number of carbonyl (C=O) groups is 1. The molecule has 0 unspecified atom stereocenters. The fraction of sp³-hybridized carbons (Fsp3) is 0.267. The highest BCUT2D eigenvalue weighted by atomic mass is 32.1. The zero-order valence-corrected chi connectivity index (χ0v) is 12.4. The Morgan fingerprint density at radius 1 is 1.05 bits per heavy atom. The number of benzene rings is 1. The Morgan fingerprint density at radius 2 is 1.67 bits per heavy atom. The van der Waals surface area contributed by atoms with Crippen LogP contribution in [-0.4, -0.2) is 30.9 Å². The van der Waals surface area contributed by atoms with E-state index in [1.165, 1.54) is 0 Å². The van der Waals surface area contributed by atoms with Crippen LogP contribution >= 0.6 is 11.3 Å². The van der Waals surface area contributed by atoms with Crippen molar-refractivity contribution >= 4 is 17.3 Å². The smallest absolute Gasteiger partial charge is 0.349 e. The number of thiophene rings is 1. The van der Waals surface area contributed by atoms with Gasteiger partial charge in [-0.1, -0.05) is 12.1 Å². The molecule has 0 aliphatic heterocycles. The van der Waals surface area contributed by atoms with E-state index < -0.39 is 5.97 Å². The molecule has 112 valence electrons. The summed E-state index contributed by atoms with van der Waals surface area (Å²) < 4.78 is 16.5. The Bertz CT molecular complexity index is 593.